The maximum absolute atomic E-state index is 4.17. The van der Waals surface area contributed by atoms with E-state index >= 15 is 0 Å². The first kappa shape index (κ1) is 5.16. The highest BCUT2D eigenvalue weighted by Crippen LogP contribution is 2.12. The molecule has 0 unspecified atom stereocenters. The lowest BCUT2D eigenvalue weighted by Crippen LogP contribution is -1.79. The SMILES string of the molecule is [CH2]CC1=NCCS1. The summed E-state index contributed by atoms with van der Waals surface area (Å²) in [6.45, 7) is 4.73. The van der Waals surface area contributed by atoms with Gasteiger partial charge in [-0.15, -0.1) is 11.8 Å². The van der Waals surface area contributed by atoms with Crippen molar-refractivity contribution >= 4 is 16.8 Å². The van der Waals surface area contributed by atoms with Crippen LogP contribution in [0, 0.1) is 6.92 Å². The highest BCUT2D eigenvalue weighted by Gasteiger charge is 2.01. The van der Waals surface area contributed by atoms with Gasteiger partial charge in [0.25, 0.3) is 0 Å². The minimum atomic E-state index is 0.880. The second-order valence-electron chi connectivity index (χ2n) is 1.37. The van der Waals surface area contributed by atoms with E-state index in [0.29, 0.717) is 0 Å². The molecule has 7 heavy (non-hydrogen) atoms. The Hall–Kier alpha value is 0.0200. The van der Waals surface area contributed by atoms with Gasteiger partial charge in [0.2, 0.25) is 0 Å². The molecule has 0 aromatic rings. The summed E-state index contributed by atoms with van der Waals surface area (Å²) in [5, 5.41) is 1.22. The summed E-state index contributed by atoms with van der Waals surface area (Å²) >= 11 is 1.83. The fourth-order valence-electron chi connectivity index (χ4n) is 0.531. The molecule has 1 aliphatic rings. The molecule has 39 valence electrons. The van der Waals surface area contributed by atoms with E-state index in [9.17, 15) is 0 Å². The number of hydrogen-bond acceptors (Lipinski definition) is 2. The normalized spacial score (nSPS) is 19.9. The van der Waals surface area contributed by atoms with E-state index in [4.69, 9.17) is 0 Å². The van der Waals surface area contributed by atoms with Gasteiger partial charge in [-0.25, -0.2) is 0 Å². The molecular weight excluding hydrogens is 106 g/mol. The van der Waals surface area contributed by atoms with E-state index in [-0.39, 0.29) is 0 Å². The van der Waals surface area contributed by atoms with Gasteiger partial charge in [0.1, 0.15) is 0 Å². The van der Waals surface area contributed by atoms with Crippen molar-refractivity contribution in [1.82, 2.24) is 0 Å². The van der Waals surface area contributed by atoms with Crippen LogP contribution in [0.3, 0.4) is 0 Å². The summed E-state index contributed by atoms with van der Waals surface area (Å²) in [6.07, 6.45) is 0.880. The van der Waals surface area contributed by atoms with Gasteiger partial charge in [0.15, 0.2) is 0 Å². The van der Waals surface area contributed by atoms with Crippen LogP contribution in [-0.2, 0) is 0 Å². The molecule has 1 nitrogen and oxygen atoms in total. The van der Waals surface area contributed by atoms with Crippen molar-refractivity contribution in [1.29, 1.82) is 0 Å². The molecule has 1 radical (unpaired) electrons. The third-order valence-electron chi connectivity index (χ3n) is 0.862. The number of hydrogen-bond donors (Lipinski definition) is 0. The highest BCUT2D eigenvalue weighted by atomic mass is 32.2. The molecule has 0 amide bonds. The molecule has 0 fully saturated rings. The fourth-order valence-corrected chi connectivity index (χ4v) is 1.28. The van der Waals surface area contributed by atoms with Crippen molar-refractivity contribution in [3.63, 3.8) is 0 Å². The molecule has 2 heteroatoms. The molecule has 0 aromatic carbocycles. The van der Waals surface area contributed by atoms with Crippen LogP contribution in [0.15, 0.2) is 4.99 Å². The zero-order chi connectivity index (χ0) is 5.11. The second kappa shape index (κ2) is 2.36. The molecule has 0 atom stereocenters. The maximum atomic E-state index is 4.17. The summed E-state index contributed by atoms with van der Waals surface area (Å²) in [6, 6.07) is 0. The van der Waals surface area contributed by atoms with Gasteiger partial charge in [0, 0.05) is 12.3 Å². The first-order valence-electron chi connectivity index (χ1n) is 2.39. The number of thioether (sulfide) groups is 1. The van der Waals surface area contributed by atoms with Crippen LogP contribution in [0.2, 0.25) is 0 Å². The van der Waals surface area contributed by atoms with Crippen LogP contribution in [0.4, 0.5) is 0 Å². The molecule has 0 aliphatic carbocycles. The zero-order valence-corrected chi connectivity index (χ0v) is 5.00. The van der Waals surface area contributed by atoms with Gasteiger partial charge in [-0.05, 0) is 13.3 Å². The lowest BCUT2D eigenvalue weighted by molar-refractivity contribution is 1.17. The number of rotatable bonds is 1. The van der Waals surface area contributed by atoms with Crippen LogP contribution < -0.4 is 0 Å². The minimum absolute atomic E-state index is 0.880. The standard InChI is InChI=1S/C5H8NS/c1-2-5-6-3-4-7-5/h1-4H2. The predicted molar refractivity (Wildman–Crippen MR) is 34.7 cm³/mol. The molecule has 1 aliphatic heterocycles. The van der Waals surface area contributed by atoms with Crippen molar-refractivity contribution in [3.8, 4) is 0 Å². The molecule has 0 spiro atoms. The largest absolute Gasteiger partial charge is 0.282 e. The Kier molecular flexibility index (Phi) is 1.74. The van der Waals surface area contributed by atoms with E-state index in [1.54, 1.807) is 0 Å². The molecule has 1 rings (SSSR count). The molecular formula is C5H8NS. The fraction of sp³-hybridized carbons (Fsp3) is 0.600. The summed E-state index contributed by atoms with van der Waals surface area (Å²) in [7, 11) is 0. The lowest BCUT2D eigenvalue weighted by Gasteiger charge is -1.85. The van der Waals surface area contributed by atoms with Crippen molar-refractivity contribution in [3.05, 3.63) is 6.92 Å². The maximum Gasteiger partial charge on any atom is 0.0676 e. The third kappa shape index (κ3) is 1.20. The molecule has 0 bridgehead atoms. The first-order chi connectivity index (χ1) is 3.43. The third-order valence-corrected chi connectivity index (χ3v) is 1.92. The van der Waals surface area contributed by atoms with E-state index in [1.165, 1.54) is 10.8 Å². The summed E-state index contributed by atoms with van der Waals surface area (Å²) in [5.41, 5.74) is 0. The number of aliphatic imine (C=N–C) groups is 1. The average Bonchev–Trinajstić information content (AvgIpc) is 2.14. The van der Waals surface area contributed by atoms with Crippen LogP contribution in [0.25, 0.3) is 0 Å². The van der Waals surface area contributed by atoms with E-state index in [2.05, 4.69) is 11.9 Å². The highest BCUT2D eigenvalue weighted by molar-refractivity contribution is 8.14. The summed E-state index contributed by atoms with van der Waals surface area (Å²) in [4.78, 5) is 4.17. The molecule has 0 N–H and O–H groups in total. The molecule has 0 saturated heterocycles. The van der Waals surface area contributed by atoms with Crippen molar-refractivity contribution in [2.45, 2.75) is 6.42 Å². The van der Waals surface area contributed by atoms with Gasteiger partial charge in [-0.3, -0.25) is 4.99 Å². The van der Waals surface area contributed by atoms with Crippen LogP contribution >= 0.6 is 11.8 Å². The Morgan fingerprint density at radius 3 is 3.00 bits per heavy atom. The van der Waals surface area contributed by atoms with Crippen molar-refractivity contribution < 1.29 is 0 Å². The van der Waals surface area contributed by atoms with Crippen LogP contribution in [-0.4, -0.2) is 17.3 Å². The summed E-state index contributed by atoms with van der Waals surface area (Å²) in [5.74, 6) is 1.17. The average molecular weight is 114 g/mol. The second-order valence-corrected chi connectivity index (χ2v) is 2.54. The summed E-state index contributed by atoms with van der Waals surface area (Å²) < 4.78 is 0. The van der Waals surface area contributed by atoms with Crippen molar-refractivity contribution in [2.75, 3.05) is 12.3 Å². The van der Waals surface area contributed by atoms with Gasteiger partial charge in [-0.2, -0.15) is 0 Å². The molecule has 1 heterocycles. The zero-order valence-electron chi connectivity index (χ0n) is 4.18. The Morgan fingerprint density at radius 2 is 2.71 bits per heavy atom. The van der Waals surface area contributed by atoms with Gasteiger partial charge < -0.3 is 0 Å². The van der Waals surface area contributed by atoms with E-state index in [1.807, 2.05) is 11.8 Å². The Balaban J connectivity index is 2.36. The van der Waals surface area contributed by atoms with E-state index in [0.717, 1.165) is 13.0 Å². The predicted octanol–water partition coefficient (Wildman–Crippen LogP) is 1.36. The topological polar surface area (TPSA) is 12.4 Å². The minimum Gasteiger partial charge on any atom is -0.282 e. The Labute approximate surface area is 48.2 Å². The van der Waals surface area contributed by atoms with E-state index < -0.39 is 0 Å². The van der Waals surface area contributed by atoms with Gasteiger partial charge in [0.05, 0.1) is 5.04 Å². The number of nitrogens with zero attached hydrogens (tertiary/aromatic N) is 1. The lowest BCUT2D eigenvalue weighted by atomic mass is 10.5. The molecule has 0 aromatic heterocycles. The Morgan fingerprint density at radius 1 is 1.86 bits per heavy atom. The Bertz CT molecular complexity index is 88.1. The van der Waals surface area contributed by atoms with Crippen LogP contribution in [0.5, 0.6) is 0 Å². The van der Waals surface area contributed by atoms with Crippen molar-refractivity contribution in [2.24, 2.45) is 4.99 Å². The smallest absolute Gasteiger partial charge is 0.0676 e. The quantitative estimate of drug-likeness (QED) is 0.501. The van der Waals surface area contributed by atoms with Crippen LogP contribution in [0.1, 0.15) is 6.42 Å². The molecule has 0 saturated carbocycles. The first-order valence-corrected chi connectivity index (χ1v) is 3.37. The van der Waals surface area contributed by atoms with Gasteiger partial charge >= 0.3 is 0 Å². The monoisotopic (exact) mass is 114 g/mol. The van der Waals surface area contributed by atoms with Gasteiger partial charge in [-0.1, -0.05) is 0 Å².